The maximum absolute atomic E-state index is 12.9. The fourth-order valence-electron chi connectivity index (χ4n) is 3.05. The van der Waals surface area contributed by atoms with Crippen molar-refractivity contribution in [1.82, 2.24) is 30.7 Å². The maximum atomic E-state index is 12.9. The summed E-state index contributed by atoms with van der Waals surface area (Å²) in [4.78, 5) is 12.9. The van der Waals surface area contributed by atoms with Gasteiger partial charge in [-0.25, -0.2) is 10.1 Å². The van der Waals surface area contributed by atoms with Crippen LogP contribution < -0.4 is 20.6 Å². The first kappa shape index (κ1) is 19.0. The van der Waals surface area contributed by atoms with Gasteiger partial charge in [0.1, 0.15) is 11.4 Å². The molecule has 0 aliphatic carbocycles. The molecule has 1 aliphatic heterocycles. The quantitative estimate of drug-likeness (QED) is 0.304. The molecule has 0 saturated heterocycles. The summed E-state index contributed by atoms with van der Waals surface area (Å²) in [6.07, 6.45) is 1.38. The van der Waals surface area contributed by atoms with E-state index in [0.717, 1.165) is 0 Å². The molecule has 2 aromatic heterocycles. The van der Waals surface area contributed by atoms with Gasteiger partial charge in [0.2, 0.25) is 18.4 Å². The third-order valence-electron chi connectivity index (χ3n) is 4.48. The molecule has 0 bridgehead atoms. The monoisotopic (exact) mass is 434 g/mol. The van der Waals surface area contributed by atoms with Crippen LogP contribution in [0.4, 0.5) is 5.82 Å². The van der Waals surface area contributed by atoms with Gasteiger partial charge in [-0.2, -0.15) is 9.78 Å². The molecule has 0 spiro atoms. The lowest BCUT2D eigenvalue weighted by Crippen LogP contribution is -2.19. The van der Waals surface area contributed by atoms with Crippen molar-refractivity contribution >= 4 is 17.9 Å². The minimum absolute atomic E-state index is 0.0363. The highest BCUT2D eigenvalue weighted by Gasteiger charge is 2.26. The summed E-state index contributed by atoms with van der Waals surface area (Å²) < 4.78 is 16.7. The number of aromatic nitrogens is 5. The maximum Gasteiger partial charge on any atom is 0.294 e. The van der Waals surface area contributed by atoms with E-state index in [-0.39, 0.29) is 35.6 Å². The fraction of sp³-hybridized carbons (Fsp3) is 0.0526. The zero-order valence-electron chi connectivity index (χ0n) is 16.2. The van der Waals surface area contributed by atoms with Crippen LogP contribution in [0.15, 0.2) is 52.2 Å². The van der Waals surface area contributed by atoms with Gasteiger partial charge in [-0.15, -0.1) is 5.10 Å². The highest BCUT2D eigenvalue weighted by Crippen LogP contribution is 2.37. The number of phenolic OH excluding ortho intramolecular Hbond substituents is 1. The molecule has 160 valence electrons. The van der Waals surface area contributed by atoms with Crippen molar-refractivity contribution in [3.63, 3.8) is 0 Å². The number of benzene rings is 2. The van der Waals surface area contributed by atoms with E-state index in [1.807, 2.05) is 0 Å². The smallest absolute Gasteiger partial charge is 0.294 e. The highest BCUT2D eigenvalue weighted by molar-refractivity contribution is 5.99. The van der Waals surface area contributed by atoms with Gasteiger partial charge in [0.05, 0.1) is 6.21 Å². The molecule has 32 heavy (non-hydrogen) atoms. The molecule has 0 fully saturated rings. The molecule has 0 atom stereocenters. The number of anilines is 1. The van der Waals surface area contributed by atoms with Gasteiger partial charge in [-0.3, -0.25) is 4.79 Å². The van der Waals surface area contributed by atoms with Crippen LogP contribution in [0.25, 0.3) is 17.1 Å². The molecular weight excluding hydrogens is 420 g/mol. The molecule has 3 heterocycles. The Kier molecular flexibility index (Phi) is 4.59. The highest BCUT2D eigenvalue weighted by atomic mass is 16.7. The molecule has 1 amide bonds. The number of nitrogens with two attached hydrogens (primary N) is 1. The third kappa shape index (κ3) is 3.43. The number of fused-ring (bicyclic) bond motifs is 1. The van der Waals surface area contributed by atoms with Gasteiger partial charge >= 0.3 is 0 Å². The van der Waals surface area contributed by atoms with Crippen LogP contribution in [0.1, 0.15) is 16.1 Å². The average molecular weight is 434 g/mol. The largest absolute Gasteiger partial charge is 0.508 e. The van der Waals surface area contributed by atoms with E-state index in [1.54, 1.807) is 30.3 Å². The Balaban J connectivity index is 1.51. The van der Waals surface area contributed by atoms with Gasteiger partial charge in [0.25, 0.3) is 5.91 Å². The Bertz CT molecular complexity index is 1350. The fourth-order valence-corrected chi connectivity index (χ4v) is 3.05. The van der Waals surface area contributed by atoms with Crippen LogP contribution in [-0.4, -0.2) is 49.3 Å². The number of hydrogen-bond donors (Lipinski definition) is 3. The summed E-state index contributed by atoms with van der Waals surface area (Å²) in [5.74, 6) is 0.521. The Morgan fingerprint density at radius 2 is 2.06 bits per heavy atom. The first-order valence-corrected chi connectivity index (χ1v) is 9.17. The predicted octanol–water partition coefficient (Wildman–Crippen LogP) is 1.10. The van der Waals surface area contributed by atoms with E-state index in [9.17, 15) is 9.90 Å². The number of nitrogens with zero attached hydrogens (tertiary/aromatic N) is 6. The summed E-state index contributed by atoms with van der Waals surface area (Å²) in [7, 11) is 0. The Morgan fingerprint density at radius 3 is 2.88 bits per heavy atom. The summed E-state index contributed by atoms with van der Waals surface area (Å²) in [6, 6.07) is 11.5. The summed E-state index contributed by atoms with van der Waals surface area (Å²) in [6.45, 7) is 0.0908. The number of rotatable bonds is 5. The standard InChI is InChI=1S/C19H14N8O5/c20-17-18(25-32-24-17)27-16(11-4-5-13-14(7-11)31-9-30-13)15(22-26-27)19(29)23-21-8-10-2-1-3-12(28)6-10/h1-8,28H,9H2,(H2,20,24)(H,23,29). The number of hydrazone groups is 1. The van der Waals surface area contributed by atoms with Crippen LogP contribution in [0, 0.1) is 0 Å². The lowest BCUT2D eigenvalue weighted by Gasteiger charge is -2.07. The molecule has 0 radical (unpaired) electrons. The average Bonchev–Trinajstić information content (AvgIpc) is 3.52. The lowest BCUT2D eigenvalue weighted by molar-refractivity contribution is 0.0950. The van der Waals surface area contributed by atoms with E-state index >= 15 is 0 Å². The molecule has 4 aromatic rings. The molecule has 0 saturated carbocycles. The van der Waals surface area contributed by atoms with E-state index in [2.05, 4.69) is 35.8 Å². The van der Waals surface area contributed by atoms with Crippen LogP contribution >= 0.6 is 0 Å². The summed E-state index contributed by atoms with van der Waals surface area (Å²) in [5, 5.41) is 28.7. The number of ether oxygens (including phenoxy) is 2. The topological polar surface area (TPSA) is 176 Å². The second-order valence-electron chi connectivity index (χ2n) is 6.53. The molecule has 1 aliphatic rings. The Morgan fingerprint density at radius 1 is 1.19 bits per heavy atom. The van der Waals surface area contributed by atoms with Gasteiger partial charge in [0.15, 0.2) is 17.2 Å². The third-order valence-corrected chi connectivity index (χ3v) is 4.48. The van der Waals surface area contributed by atoms with Crippen molar-refractivity contribution < 1.29 is 24.0 Å². The zero-order valence-corrected chi connectivity index (χ0v) is 16.2. The normalized spacial score (nSPS) is 12.4. The SMILES string of the molecule is Nc1nonc1-n1nnc(C(=O)NN=Cc2cccc(O)c2)c1-c1ccc2c(c1)OCO2. The molecule has 13 heteroatoms. The number of phenols is 1. The first-order valence-electron chi connectivity index (χ1n) is 9.17. The zero-order chi connectivity index (χ0) is 22.1. The lowest BCUT2D eigenvalue weighted by atomic mass is 10.1. The van der Waals surface area contributed by atoms with Gasteiger partial charge in [-0.1, -0.05) is 17.3 Å². The predicted molar refractivity (Wildman–Crippen MR) is 108 cm³/mol. The summed E-state index contributed by atoms with van der Waals surface area (Å²) in [5.41, 5.74) is 9.52. The van der Waals surface area contributed by atoms with Gasteiger partial charge in [0, 0.05) is 5.56 Å². The van der Waals surface area contributed by atoms with Crippen molar-refractivity contribution in [2.45, 2.75) is 0 Å². The molecule has 13 nitrogen and oxygen atoms in total. The summed E-state index contributed by atoms with van der Waals surface area (Å²) >= 11 is 0. The Hall–Kier alpha value is -4.94. The van der Waals surface area contributed by atoms with Crippen LogP contribution in [0.5, 0.6) is 17.2 Å². The van der Waals surface area contributed by atoms with Crippen molar-refractivity contribution in [1.29, 1.82) is 0 Å². The molecule has 2 aromatic carbocycles. The first-order chi connectivity index (χ1) is 15.6. The van der Waals surface area contributed by atoms with Crippen LogP contribution in [-0.2, 0) is 0 Å². The minimum Gasteiger partial charge on any atom is -0.508 e. The number of hydrogen-bond acceptors (Lipinski definition) is 11. The van der Waals surface area contributed by atoms with E-state index in [0.29, 0.717) is 22.6 Å². The second kappa shape index (κ2) is 7.71. The number of carbonyl (C=O) groups is 1. The van der Waals surface area contributed by atoms with Crippen LogP contribution in [0.3, 0.4) is 0 Å². The van der Waals surface area contributed by atoms with Crippen molar-refractivity contribution in [2.24, 2.45) is 5.10 Å². The molecule has 5 rings (SSSR count). The number of carbonyl (C=O) groups excluding carboxylic acids is 1. The van der Waals surface area contributed by atoms with Crippen molar-refractivity contribution in [3.05, 3.63) is 53.7 Å². The second-order valence-corrected chi connectivity index (χ2v) is 6.53. The van der Waals surface area contributed by atoms with Crippen LogP contribution in [0.2, 0.25) is 0 Å². The van der Waals surface area contributed by atoms with Gasteiger partial charge < -0.3 is 20.3 Å². The number of amides is 1. The van der Waals surface area contributed by atoms with E-state index in [4.69, 9.17) is 15.2 Å². The molecular formula is C19H14N8O5. The molecule has 4 N–H and O–H groups in total. The van der Waals surface area contributed by atoms with E-state index < -0.39 is 5.91 Å². The number of nitrogens with one attached hydrogen (secondary N) is 1. The Labute approximate surface area is 179 Å². The minimum atomic E-state index is -0.643. The van der Waals surface area contributed by atoms with Gasteiger partial charge in [-0.05, 0) is 46.2 Å². The molecule has 0 unspecified atom stereocenters. The number of nitrogen functional groups attached to an aromatic ring is 1. The van der Waals surface area contributed by atoms with E-state index in [1.165, 1.54) is 23.0 Å². The number of aromatic hydroxyl groups is 1. The van der Waals surface area contributed by atoms with Crippen molar-refractivity contribution in [2.75, 3.05) is 12.5 Å². The van der Waals surface area contributed by atoms with Crippen molar-refractivity contribution in [3.8, 4) is 34.3 Å².